The fraction of sp³-hybridized carbons (Fsp3) is 0.235. The van der Waals surface area contributed by atoms with Gasteiger partial charge in [0.05, 0.1) is 0 Å². The molecule has 1 saturated heterocycles. The zero-order chi connectivity index (χ0) is 15.8. The van der Waals surface area contributed by atoms with Crippen molar-refractivity contribution in [2.75, 3.05) is 26.2 Å². The van der Waals surface area contributed by atoms with Gasteiger partial charge in [-0.15, -0.1) is 0 Å². The highest BCUT2D eigenvalue weighted by Gasteiger charge is 2.27. The van der Waals surface area contributed by atoms with Gasteiger partial charge in [0, 0.05) is 26.2 Å². The molecule has 1 aromatic rings. The average Bonchev–Trinajstić information content (AvgIpc) is 2.60. The molecule has 0 aromatic heterocycles. The second kappa shape index (κ2) is 5.48. The van der Waals surface area contributed by atoms with Gasteiger partial charge in [-0.2, -0.15) is 0 Å². The monoisotopic (exact) mass is 309 g/mol. The van der Waals surface area contributed by atoms with Gasteiger partial charge in [0.1, 0.15) is 16.8 Å². The van der Waals surface area contributed by atoms with Crippen LogP contribution in [0.3, 0.4) is 0 Å². The standard InChI is InChI=1S/C17H15N3O3/c21-13-6-5-12-16(23-14-4-2-1-3-11(14)19-12)15(13)17(22)20-9-7-18-8-10-20/h1-6,18H,7-10H2. The van der Waals surface area contributed by atoms with E-state index < -0.39 is 0 Å². The molecule has 0 unspecified atom stereocenters. The highest BCUT2D eigenvalue weighted by atomic mass is 16.3. The Labute approximate surface area is 132 Å². The Morgan fingerprint density at radius 1 is 1.13 bits per heavy atom. The summed E-state index contributed by atoms with van der Waals surface area (Å²) in [6, 6.07) is 10.3. The highest BCUT2D eigenvalue weighted by molar-refractivity contribution is 6.00. The topological polar surface area (TPSA) is 75.4 Å². The van der Waals surface area contributed by atoms with Crippen molar-refractivity contribution in [3.8, 4) is 11.5 Å². The largest absolute Gasteiger partial charge is 0.452 e. The number of fused-ring (bicyclic) bond motifs is 2. The molecule has 0 radical (unpaired) electrons. The van der Waals surface area contributed by atoms with E-state index in [2.05, 4.69) is 10.3 Å². The van der Waals surface area contributed by atoms with Gasteiger partial charge in [0.25, 0.3) is 5.91 Å². The van der Waals surface area contributed by atoms with Gasteiger partial charge in [0.15, 0.2) is 16.8 Å². The maximum atomic E-state index is 12.8. The number of aromatic nitrogens is 1. The first-order chi connectivity index (χ1) is 11.2. The van der Waals surface area contributed by atoms with Crippen LogP contribution < -0.4 is 10.7 Å². The number of nitrogens with zero attached hydrogens (tertiary/aromatic N) is 2. The average molecular weight is 309 g/mol. The Morgan fingerprint density at radius 2 is 1.91 bits per heavy atom. The summed E-state index contributed by atoms with van der Waals surface area (Å²) >= 11 is 0. The third kappa shape index (κ3) is 2.37. The number of carbonyl (C=O) groups excluding carboxylic acids is 1. The summed E-state index contributed by atoms with van der Waals surface area (Å²) in [5.74, 6) is -0.0253. The van der Waals surface area contributed by atoms with Crippen LogP contribution in [0.2, 0.25) is 0 Å². The van der Waals surface area contributed by atoms with Crippen molar-refractivity contribution in [2.45, 2.75) is 0 Å². The van der Waals surface area contributed by atoms with Gasteiger partial charge in [0.2, 0.25) is 0 Å². The molecule has 0 bridgehead atoms. The van der Waals surface area contributed by atoms with E-state index in [4.69, 9.17) is 4.42 Å². The summed E-state index contributed by atoms with van der Waals surface area (Å²) in [4.78, 5) is 31.3. The van der Waals surface area contributed by atoms with Crippen molar-refractivity contribution in [3.63, 3.8) is 0 Å². The summed E-state index contributed by atoms with van der Waals surface area (Å²) in [6.45, 7) is 2.61. The highest BCUT2D eigenvalue weighted by Crippen LogP contribution is 2.27. The molecule has 1 aliphatic carbocycles. The molecule has 4 rings (SSSR count). The number of benzene rings is 2. The lowest BCUT2D eigenvalue weighted by Crippen LogP contribution is -2.47. The molecule has 2 aliphatic heterocycles. The van der Waals surface area contributed by atoms with Gasteiger partial charge >= 0.3 is 0 Å². The Bertz CT molecular complexity index is 912. The van der Waals surface area contributed by atoms with Crippen molar-refractivity contribution < 1.29 is 9.21 Å². The maximum absolute atomic E-state index is 12.8. The first-order valence-corrected chi connectivity index (χ1v) is 7.56. The zero-order valence-corrected chi connectivity index (χ0v) is 12.4. The fourth-order valence-corrected chi connectivity index (χ4v) is 2.85. The number of para-hydroxylation sites is 2. The van der Waals surface area contributed by atoms with Crippen molar-refractivity contribution >= 4 is 17.0 Å². The molecule has 116 valence electrons. The van der Waals surface area contributed by atoms with Crippen LogP contribution in [0.15, 0.2) is 45.6 Å². The smallest absolute Gasteiger partial charge is 0.261 e. The predicted octanol–water partition coefficient (Wildman–Crippen LogP) is 1.34. The quantitative estimate of drug-likeness (QED) is 0.687. The molecule has 3 aliphatic rings. The van der Waals surface area contributed by atoms with Gasteiger partial charge in [-0.3, -0.25) is 9.59 Å². The summed E-state index contributed by atoms with van der Waals surface area (Å²) in [5.41, 5.74) is 1.51. The lowest BCUT2D eigenvalue weighted by Gasteiger charge is -2.27. The van der Waals surface area contributed by atoms with Crippen molar-refractivity contribution in [1.82, 2.24) is 15.2 Å². The molecular formula is C17H15N3O3. The second-order valence-corrected chi connectivity index (χ2v) is 5.51. The number of rotatable bonds is 1. The molecule has 6 nitrogen and oxygen atoms in total. The molecule has 0 spiro atoms. The van der Waals surface area contributed by atoms with Crippen LogP contribution in [0, 0.1) is 0 Å². The Balaban J connectivity index is 1.91. The number of nitrogens with one attached hydrogen (secondary N) is 1. The number of hydrogen-bond acceptors (Lipinski definition) is 5. The Kier molecular flexibility index (Phi) is 3.31. The summed E-state index contributed by atoms with van der Waals surface area (Å²) in [5, 5.41) is 3.19. The second-order valence-electron chi connectivity index (χ2n) is 5.51. The van der Waals surface area contributed by atoms with E-state index in [0.717, 1.165) is 13.1 Å². The summed E-state index contributed by atoms with van der Waals surface area (Å²) < 4.78 is 5.84. The van der Waals surface area contributed by atoms with Crippen LogP contribution in [-0.2, 0) is 0 Å². The zero-order valence-electron chi connectivity index (χ0n) is 12.4. The van der Waals surface area contributed by atoms with E-state index in [9.17, 15) is 9.59 Å². The summed E-state index contributed by atoms with van der Waals surface area (Å²) in [7, 11) is 0. The number of piperazine rings is 1. The number of carbonyl (C=O) groups is 1. The lowest BCUT2D eigenvalue weighted by atomic mass is 10.1. The molecule has 1 fully saturated rings. The first-order valence-electron chi connectivity index (χ1n) is 7.56. The van der Waals surface area contributed by atoms with Gasteiger partial charge in [-0.1, -0.05) is 12.1 Å². The van der Waals surface area contributed by atoms with Gasteiger partial charge < -0.3 is 14.6 Å². The Morgan fingerprint density at radius 3 is 2.74 bits per heavy atom. The lowest BCUT2D eigenvalue weighted by molar-refractivity contribution is 0.0733. The number of hydrogen-bond donors (Lipinski definition) is 1. The van der Waals surface area contributed by atoms with Crippen LogP contribution in [0.1, 0.15) is 10.4 Å². The van der Waals surface area contributed by atoms with Crippen LogP contribution in [0.25, 0.3) is 22.6 Å². The molecule has 0 atom stereocenters. The molecule has 6 heteroatoms. The van der Waals surface area contributed by atoms with E-state index in [-0.39, 0.29) is 22.7 Å². The van der Waals surface area contributed by atoms with Crippen LogP contribution in [0.5, 0.6) is 0 Å². The molecule has 1 amide bonds. The van der Waals surface area contributed by atoms with E-state index in [1.807, 2.05) is 18.2 Å². The third-order valence-electron chi connectivity index (χ3n) is 4.03. The predicted molar refractivity (Wildman–Crippen MR) is 85.7 cm³/mol. The van der Waals surface area contributed by atoms with Crippen molar-refractivity contribution in [2.24, 2.45) is 0 Å². The summed E-state index contributed by atoms with van der Waals surface area (Å²) in [6.07, 6.45) is 0. The molecule has 1 aromatic carbocycles. The minimum absolute atomic E-state index is 0.0719. The number of amides is 1. The minimum atomic E-state index is -0.332. The SMILES string of the molecule is O=C(c1c2oc3ccccc3nc-2ccc1=O)N1CCNCC1. The van der Waals surface area contributed by atoms with Crippen LogP contribution in [-0.4, -0.2) is 42.0 Å². The van der Waals surface area contributed by atoms with E-state index in [1.54, 1.807) is 17.0 Å². The maximum Gasteiger partial charge on any atom is 0.261 e. The van der Waals surface area contributed by atoms with E-state index in [1.165, 1.54) is 6.07 Å². The van der Waals surface area contributed by atoms with Gasteiger partial charge in [-0.25, -0.2) is 4.98 Å². The molecule has 2 heterocycles. The van der Waals surface area contributed by atoms with Crippen molar-refractivity contribution in [1.29, 1.82) is 0 Å². The van der Waals surface area contributed by atoms with Crippen LogP contribution >= 0.6 is 0 Å². The fourth-order valence-electron chi connectivity index (χ4n) is 2.85. The normalized spacial score (nSPS) is 15.2. The van der Waals surface area contributed by atoms with Crippen molar-refractivity contribution in [3.05, 3.63) is 52.2 Å². The molecule has 1 N–H and O–H groups in total. The van der Waals surface area contributed by atoms with E-state index in [0.29, 0.717) is 29.9 Å². The first kappa shape index (κ1) is 13.9. The van der Waals surface area contributed by atoms with Gasteiger partial charge in [-0.05, 0) is 24.3 Å². The Hall–Kier alpha value is -2.73. The molecule has 0 saturated carbocycles. The van der Waals surface area contributed by atoms with E-state index >= 15 is 0 Å². The third-order valence-corrected chi connectivity index (χ3v) is 4.03. The molecule has 23 heavy (non-hydrogen) atoms. The minimum Gasteiger partial charge on any atom is -0.452 e. The molecular weight excluding hydrogens is 294 g/mol. The van der Waals surface area contributed by atoms with Crippen LogP contribution in [0.4, 0.5) is 0 Å².